The molecule has 134 valence electrons. The molecule has 1 heterocycles. The predicted molar refractivity (Wildman–Crippen MR) is 108 cm³/mol. The van der Waals surface area contributed by atoms with Crippen molar-refractivity contribution in [1.29, 1.82) is 0 Å². The molecule has 0 radical (unpaired) electrons. The molecule has 26 heavy (non-hydrogen) atoms. The van der Waals surface area contributed by atoms with Crippen LogP contribution >= 0.6 is 23.8 Å². The molecule has 0 fully saturated rings. The molecule has 0 aliphatic carbocycles. The highest BCUT2D eigenvalue weighted by atomic mass is 35.5. The van der Waals surface area contributed by atoms with Crippen LogP contribution in [0.15, 0.2) is 48.8 Å². The van der Waals surface area contributed by atoms with E-state index in [2.05, 4.69) is 45.8 Å². The van der Waals surface area contributed by atoms with E-state index < -0.39 is 0 Å². The van der Waals surface area contributed by atoms with Crippen molar-refractivity contribution in [3.05, 3.63) is 64.9 Å². The number of hydrogen-bond donors (Lipinski definition) is 2. The number of nitrogens with zero attached hydrogens (tertiary/aromatic N) is 3. The molecule has 0 aliphatic rings. The number of anilines is 2. The number of hydrogen-bond acceptors (Lipinski definition) is 4. The van der Waals surface area contributed by atoms with Crippen LogP contribution in [0.2, 0.25) is 5.02 Å². The number of thiocarbonyl (C=S) groups is 1. The lowest BCUT2D eigenvalue weighted by Crippen LogP contribution is -2.20. The topological polar surface area (TPSA) is 64.0 Å². The van der Waals surface area contributed by atoms with Crippen molar-refractivity contribution in [3.8, 4) is 5.75 Å². The van der Waals surface area contributed by atoms with Crippen LogP contribution in [0.5, 0.6) is 5.75 Å². The number of aromatic nitrogens is 3. The third-order valence-corrected chi connectivity index (χ3v) is 4.04. The van der Waals surface area contributed by atoms with Crippen LogP contribution < -0.4 is 15.4 Å². The molecule has 2 N–H and O–H groups in total. The minimum Gasteiger partial charge on any atom is -0.495 e. The summed E-state index contributed by atoms with van der Waals surface area (Å²) < 4.78 is 7.04. The van der Waals surface area contributed by atoms with Gasteiger partial charge in [-0.05, 0) is 42.9 Å². The average molecular weight is 388 g/mol. The van der Waals surface area contributed by atoms with Crippen LogP contribution in [-0.4, -0.2) is 27.0 Å². The van der Waals surface area contributed by atoms with Gasteiger partial charge in [-0.15, -0.1) is 5.10 Å². The Hall–Kier alpha value is -2.64. The summed E-state index contributed by atoms with van der Waals surface area (Å²) in [6.07, 6.45) is 1.66. The van der Waals surface area contributed by atoms with E-state index in [1.165, 1.54) is 5.56 Å². The highest BCUT2D eigenvalue weighted by Crippen LogP contribution is 2.27. The summed E-state index contributed by atoms with van der Waals surface area (Å²) in [5, 5.41) is 11.3. The number of halogens is 1. The summed E-state index contributed by atoms with van der Waals surface area (Å²) >= 11 is 11.3. The monoisotopic (exact) mass is 387 g/mol. The van der Waals surface area contributed by atoms with Gasteiger partial charge in [0.1, 0.15) is 12.1 Å². The molecular weight excluding hydrogens is 370 g/mol. The fourth-order valence-corrected chi connectivity index (χ4v) is 2.83. The van der Waals surface area contributed by atoms with Crippen LogP contribution in [0, 0.1) is 6.92 Å². The van der Waals surface area contributed by atoms with E-state index in [4.69, 9.17) is 28.6 Å². The molecule has 3 aromatic rings. The van der Waals surface area contributed by atoms with Gasteiger partial charge in [-0.1, -0.05) is 41.4 Å². The van der Waals surface area contributed by atoms with Crippen LogP contribution in [0.4, 0.5) is 11.6 Å². The van der Waals surface area contributed by atoms with Crippen LogP contribution in [-0.2, 0) is 6.54 Å². The first-order valence-corrected chi connectivity index (χ1v) is 8.68. The minimum atomic E-state index is 0.346. The normalized spacial score (nSPS) is 10.4. The molecule has 0 saturated carbocycles. The second-order valence-electron chi connectivity index (χ2n) is 5.68. The quantitative estimate of drug-likeness (QED) is 0.642. The Labute approximate surface area is 162 Å². The molecule has 0 atom stereocenters. The molecule has 6 nitrogen and oxygen atoms in total. The molecule has 0 bridgehead atoms. The van der Waals surface area contributed by atoms with Gasteiger partial charge in [0, 0.05) is 5.02 Å². The molecule has 2 aromatic carbocycles. The Morgan fingerprint density at radius 2 is 2.08 bits per heavy atom. The molecule has 3 rings (SSSR count). The van der Waals surface area contributed by atoms with Gasteiger partial charge in [0.05, 0.1) is 19.3 Å². The van der Waals surface area contributed by atoms with Gasteiger partial charge >= 0.3 is 0 Å². The van der Waals surface area contributed by atoms with Crippen molar-refractivity contribution in [2.75, 3.05) is 17.7 Å². The second-order valence-corrected chi connectivity index (χ2v) is 6.52. The van der Waals surface area contributed by atoms with Crippen LogP contribution in [0.1, 0.15) is 11.1 Å². The number of rotatable bonds is 5. The maximum absolute atomic E-state index is 6.02. The van der Waals surface area contributed by atoms with Crippen molar-refractivity contribution in [2.24, 2.45) is 0 Å². The van der Waals surface area contributed by atoms with Crippen molar-refractivity contribution in [1.82, 2.24) is 14.8 Å². The molecule has 0 aliphatic heterocycles. The summed E-state index contributed by atoms with van der Waals surface area (Å²) in [6, 6.07) is 13.5. The van der Waals surface area contributed by atoms with E-state index in [0.29, 0.717) is 34.1 Å². The number of benzene rings is 2. The average Bonchev–Trinajstić information content (AvgIpc) is 3.01. The van der Waals surface area contributed by atoms with E-state index in [1.807, 2.05) is 6.07 Å². The van der Waals surface area contributed by atoms with Gasteiger partial charge < -0.3 is 10.1 Å². The smallest absolute Gasteiger partial charge is 0.248 e. The number of methoxy groups -OCH3 is 1. The fourth-order valence-electron chi connectivity index (χ4n) is 2.46. The van der Waals surface area contributed by atoms with Gasteiger partial charge in [-0.3, -0.25) is 5.32 Å². The van der Waals surface area contributed by atoms with E-state index in [9.17, 15) is 0 Å². The summed E-state index contributed by atoms with van der Waals surface area (Å²) in [4.78, 5) is 4.23. The van der Waals surface area contributed by atoms with E-state index in [1.54, 1.807) is 36.3 Å². The minimum absolute atomic E-state index is 0.346. The summed E-state index contributed by atoms with van der Waals surface area (Å²) in [5.74, 6) is 1.05. The van der Waals surface area contributed by atoms with Crippen molar-refractivity contribution in [3.63, 3.8) is 0 Å². The fraction of sp³-hybridized carbons (Fsp3) is 0.167. The van der Waals surface area contributed by atoms with Crippen molar-refractivity contribution < 1.29 is 4.74 Å². The number of aryl methyl sites for hydroxylation is 1. The molecule has 8 heteroatoms. The Kier molecular flexibility index (Phi) is 5.70. The van der Waals surface area contributed by atoms with E-state index in [0.717, 1.165) is 5.56 Å². The first-order valence-electron chi connectivity index (χ1n) is 7.90. The lowest BCUT2D eigenvalue weighted by Gasteiger charge is -2.12. The molecular formula is C18H18ClN5OS. The van der Waals surface area contributed by atoms with Gasteiger partial charge in [0.15, 0.2) is 5.11 Å². The van der Waals surface area contributed by atoms with Gasteiger partial charge in [0.25, 0.3) is 0 Å². The maximum atomic E-state index is 6.02. The summed E-state index contributed by atoms with van der Waals surface area (Å²) in [6.45, 7) is 2.70. The van der Waals surface area contributed by atoms with Gasteiger partial charge in [-0.2, -0.15) is 0 Å². The number of ether oxygens (including phenoxy) is 1. The van der Waals surface area contributed by atoms with Crippen molar-refractivity contribution in [2.45, 2.75) is 13.5 Å². The zero-order chi connectivity index (χ0) is 18.5. The van der Waals surface area contributed by atoms with Crippen LogP contribution in [0.25, 0.3) is 0 Å². The second kappa shape index (κ2) is 8.16. The first-order chi connectivity index (χ1) is 12.5. The molecule has 0 unspecified atom stereocenters. The predicted octanol–water partition coefficient (Wildman–Crippen LogP) is 4.11. The van der Waals surface area contributed by atoms with E-state index in [-0.39, 0.29) is 0 Å². The van der Waals surface area contributed by atoms with Crippen LogP contribution in [0.3, 0.4) is 0 Å². The van der Waals surface area contributed by atoms with Gasteiger partial charge in [-0.25, -0.2) is 9.67 Å². The Bertz CT molecular complexity index is 927. The molecule has 0 amide bonds. The SMILES string of the molecule is COc1ccc(Cl)cc1NC(=S)Nc1ncn(Cc2cccc(C)c2)n1. The third kappa shape index (κ3) is 4.71. The lowest BCUT2D eigenvalue weighted by molar-refractivity contribution is 0.417. The summed E-state index contributed by atoms with van der Waals surface area (Å²) in [7, 11) is 1.58. The highest BCUT2D eigenvalue weighted by Gasteiger charge is 2.08. The van der Waals surface area contributed by atoms with E-state index >= 15 is 0 Å². The Morgan fingerprint density at radius 3 is 2.85 bits per heavy atom. The molecule has 0 spiro atoms. The summed E-state index contributed by atoms with van der Waals surface area (Å²) in [5.41, 5.74) is 3.03. The first kappa shape index (κ1) is 18.2. The molecule has 1 aromatic heterocycles. The third-order valence-electron chi connectivity index (χ3n) is 3.60. The Morgan fingerprint density at radius 1 is 1.23 bits per heavy atom. The zero-order valence-corrected chi connectivity index (χ0v) is 15.9. The highest BCUT2D eigenvalue weighted by molar-refractivity contribution is 7.80. The zero-order valence-electron chi connectivity index (χ0n) is 14.4. The van der Waals surface area contributed by atoms with Crippen molar-refractivity contribution >= 4 is 40.6 Å². The maximum Gasteiger partial charge on any atom is 0.248 e. The molecule has 0 saturated heterocycles. The van der Waals surface area contributed by atoms with Gasteiger partial charge in [0.2, 0.25) is 5.95 Å². The Balaban J connectivity index is 1.64. The number of nitrogens with one attached hydrogen (secondary N) is 2. The standard InChI is InChI=1S/C18H18ClN5OS/c1-12-4-3-5-13(8-12)10-24-11-20-17(23-24)22-18(26)21-15-9-14(19)6-7-16(15)25-2/h3-9,11H,10H2,1-2H3,(H2,21,22,23,26). The largest absolute Gasteiger partial charge is 0.495 e. The lowest BCUT2D eigenvalue weighted by atomic mass is 10.1.